The average Bonchev–Trinajstić information content (AvgIpc) is 2.44. The molecule has 2 aromatic carbocycles. The number of hydrogen-bond donors (Lipinski definition) is 1. The zero-order valence-electron chi connectivity index (χ0n) is 11.1. The Morgan fingerprint density at radius 1 is 1.00 bits per heavy atom. The number of aliphatic hydroxyl groups excluding tert-OH is 1. The van der Waals surface area contributed by atoms with Crippen LogP contribution in [0.4, 0.5) is 0 Å². The lowest BCUT2D eigenvalue weighted by atomic mass is 10.0. The Balaban J connectivity index is 2.08. The van der Waals surface area contributed by atoms with Crippen LogP contribution in [0.5, 0.6) is 5.75 Å². The molecule has 0 saturated heterocycles. The van der Waals surface area contributed by atoms with Crippen LogP contribution in [0.1, 0.15) is 11.1 Å². The maximum atomic E-state index is 10.3. The molecule has 0 fully saturated rings. The first-order chi connectivity index (χ1) is 9.60. The second-order valence-electron chi connectivity index (χ2n) is 4.61. The maximum Gasteiger partial charge on any atom is 0.119 e. The Kier molecular flexibility index (Phi) is 5.64. The van der Waals surface area contributed by atoms with E-state index in [0.29, 0.717) is 12.8 Å². The molecule has 1 unspecified atom stereocenters. The quantitative estimate of drug-likeness (QED) is 0.808. The first-order valence-corrected chi connectivity index (χ1v) is 7.92. The largest absolute Gasteiger partial charge is 0.497 e. The topological polar surface area (TPSA) is 29.5 Å². The van der Waals surface area contributed by atoms with Crippen molar-refractivity contribution in [2.45, 2.75) is 18.9 Å². The molecule has 2 aromatic rings. The van der Waals surface area contributed by atoms with Gasteiger partial charge in [0.15, 0.2) is 0 Å². The van der Waals surface area contributed by atoms with Gasteiger partial charge in [-0.05, 0) is 48.2 Å². The molecule has 0 saturated carbocycles. The molecule has 106 valence electrons. The minimum absolute atomic E-state index is 0.433. The third kappa shape index (κ3) is 4.08. The van der Waals surface area contributed by atoms with Gasteiger partial charge in [-0.2, -0.15) is 0 Å². The number of benzene rings is 2. The van der Waals surface area contributed by atoms with Gasteiger partial charge in [-0.1, -0.05) is 50.1 Å². The number of hydrogen-bond acceptors (Lipinski definition) is 2. The molecule has 4 heteroatoms. The fourth-order valence-electron chi connectivity index (χ4n) is 2.08. The van der Waals surface area contributed by atoms with Crippen LogP contribution >= 0.6 is 31.9 Å². The summed E-state index contributed by atoms with van der Waals surface area (Å²) >= 11 is 7.02. The Morgan fingerprint density at radius 3 is 2.35 bits per heavy atom. The van der Waals surface area contributed by atoms with E-state index in [0.717, 1.165) is 25.8 Å². The lowest BCUT2D eigenvalue weighted by Gasteiger charge is -2.14. The molecule has 0 heterocycles. The van der Waals surface area contributed by atoms with Crippen LogP contribution in [0.25, 0.3) is 0 Å². The lowest BCUT2D eigenvalue weighted by Crippen LogP contribution is -2.14. The van der Waals surface area contributed by atoms with Gasteiger partial charge in [0, 0.05) is 8.95 Å². The third-order valence-corrected chi connectivity index (χ3v) is 4.67. The molecule has 2 rings (SSSR count). The minimum Gasteiger partial charge on any atom is -0.497 e. The van der Waals surface area contributed by atoms with Gasteiger partial charge in [0.1, 0.15) is 5.75 Å². The van der Waals surface area contributed by atoms with Crippen molar-refractivity contribution in [2.24, 2.45) is 0 Å². The molecule has 1 atom stereocenters. The third-order valence-electron chi connectivity index (χ3n) is 3.12. The van der Waals surface area contributed by atoms with E-state index >= 15 is 0 Å². The van der Waals surface area contributed by atoms with Gasteiger partial charge in [0.05, 0.1) is 13.2 Å². The van der Waals surface area contributed by atoms with E-state index in [1.165, 1.54) is 0 Å². The Bertz CT molecular complexity index is 584. The van der Waals surface area contributed by atoms with Crippen LogP contribution < -0.4 is 4.74 Å². The zero-order chi connectivity index (χ0) is 14.5. The first-order valence-electron chi connectivity index (χ1n) is 6.34. The number of methoxy groups -OCH3 is 1. The van der Waals surface area contributed by atoms with Crippen molar-refractivity contribution in [1.29, 1.82) is 0 Å². The lowest BCUT2D eigenvalue weighted by molar-refractivity contribution is 0.175. The molecule has 0 amide bonds. The molecular weight excluding hydrogens is 384 g/mol. The van der Waals surface area contributed by atoms with Crippen molar-refractivity contribution < 1.29 is 9.84 Å². The monoisotopic (exact) mass is 398 g/mol. The van der Waals surface area contributed by atoms with Crippen molar-refractivity contribution in [3.05, 3.63) is 62.5 Å². The summed E-state index contributed by atoms with van der Waals surface area (Å²) < 4.78 is 7.24. The highest BCUT2D eigenvalue weighted by atomic mass is 79.9. The van der Waals surface area contributed by atoms with E-state index < -0.39 is 6.10 Å². The zero-order valence-corrected chi connectivity index (χ0v) is 14.3. The summed E-state index contributed by atoms with van der Waals surface area (Å²) in [5, 5.41) is 10.3. The van der Waals surface area contributed by atoms with Crippen molar-refractivity contribution in [3.63, 3.8) is 0 Å². The van der Waals surface area contributed by atoms with Crippen LogP contribution in [0, 0.1) is 0 Å². The van der Waals surface area contributed by atoms with Gasteiger partial charge < -0.3 is 9.84 Å². The van der Waals surface area contributed by atoms with Gasteiger partial charge in [0.25, 0.3) is 0 Å². The number of rotatable bonds is 5. The molecule has 0 spiro atoms. The molecular formula is C16H16Br2O2. The highest BCUT2D eigenvalue weighted by molar-refractivity contribution is 9.10. The standard InChI is InChI=1S/C16H16Br2O2/c1-20-14-6-7-16(18)12(10-14)9-13(19)8-11-4-2-3-5-15(11)17/h2-7,10,13,19H,8-9H2,1H3. The van der Waals surface area contributed by atoms with Crippen LogP contribution in [-0.2, 0) is 12.8 Å². The highest BCUT2D eigenvalue weighted by Gasteiger charge is 2.11. The molecule has 1 N–H and O–H groups in total. The van der Waals surface area contributed by atoms with Gasteiger partial charge >= 0.3 is 0 Å². The van der Waals surface area contributed by atoms with Gasteiger partial charge in [0.2, 0.25) is 0 Å². The Morgan fingerprint density at radius 2 is 1.65 bits per heavy atom. The van der Waals surface area contributed by atoms with E-state index in [2.05, 4.69) is 31.9 Å². The normalized spacial score (nSPS) is 12.2. The van der Waals surface area contributed by atoms with Crippen molar-refractivity contribution in [3.8, 4) is 5.75 Å². The first kappa shape index (κ1) is 15.5. The second kappa shape index (κ2) is 7.25. The van der Waals surface area contributed by atoms with Gasteiger partial charge in [-0.15, -0.1) is 0 Å². The molecule has 0 radical (unpaired) electrons. The summed E-state index contributed by atoms with van der Waals surface area (Å²) in [4.78, 5) is 0. The summed E-state index contributed by atoms with van der Waals surface area (Å²) in [6.07, 6.45) is 0.765. The highest BCUT2D eigenvalue weighted by Crippen LogP contribution is 2.25. The van der Waals surface area contributed by atoms with Crippen LogP contribution in [0.3, 0.4) is 0 Å². The summed E-state index contributed by atoms with van der Waals surface area (Å²) in [6.45, 7) is 0. The van der Waals surface area contributed by atoms with Crippen molar-refractivity contribution >= 4 is 31.9 Å². The molecule has 0 bridgehead atoms. The summed E-state index contributed by atoms with van der Waals surface area (Å²) in [7, 11) is 1.64. The number of halogens is 2. The van der Waals surface area contributed by atoms with E-state index in [4.69, 9.17) is 4.74 Å². The predicted molar refractivity (Wildman–Crippen MR) is 88.3 cm³/mol. The Hall–Kier alpha value is -0.840. The average molecular weight is 400 g/mol. The number of ether oxygens (including phenoxy) is 1. The molecule has 2 nitrogen and oxygen atoms in total. The van der Waals surface area contributed by atoms with E-state index in [1.54, 1.807) is 7.11 Å². The SMILES string of the molecule is COc1ccc(Br)c(CC(O)Cc2ccccc2Br)c1. The van der Waals surface area contributed by atoms with Crippen LogP contribution in [0.2, 0.25) is 0 Å². The fraction of sp³-hybridized carbons (Fsp3) is 0.250. The Labute approximate surface area is 136 Å². The van der Waals surface area contributed by atoms with Crippen LogP contribution in [0.15, 0.2) is 51.4 Å². The summed E-state index contributed by atoms with van der Waals surface area (Å²) in [5.74, 6) is 0.802. The van der Waals surface area contributed by atoms with E-state index in [-0.39, 0.29) is 0 Å². The van der Waals surface area contributed by atoms with E-state index in [1.807, 2.05) is 42.5 Å². The minimum atomic E-state index is -0.433. The second-order valence-corrected chi connectivity index (χ2v) is 6.32. The molecule has 0 aliphatic heterocycles. The van der Waals surface area contributed by atoms with Gasteiger partial charge in [-0.25, -0.2) is 0 Å². The van der Waals surface area contributed by atoms with Crippen molar-refractivity contribution in [1.82, 2.24) is 0 Å². The molecule has 0 aromatic heterocycles. The molecule has 0 aliphatic rings. The number of aliphatic hydroxyl groups is 1. The summed E-state index contributed by atoms with van der Waals surface area (Å²) in [6, 6.07) is 13.8. The fourth-order valence-corrected chi connectivity index (χ4v) is 2.93. The van der Waals surface area contributed by atoms with Crippen LogP contribution in [-0.4, -0.2) is 18.3 Å². The molecule has 20 heavy (non-hydrogen) atoms. The predicted octanol–water partition coefficient (Wildman–Crippen LogP) is 4.37. The summed E-state index contributed by atoms with van der Waals surface area (Å²) in [5.41, 5.74) is 2.16. The smallest absolute Gasteiger partial charge is 0.119 e. The maximum absolute atomic E-state index is 10.3. The van der Waals surface area contributed by atoms with Crippen molar-refractivity contribution in [2.75, 3.05) is 7.11 Å². The van der Waals surface area contributed by atoms with Gasteiger partial charge in [-0.3, -0.25) is 0 Å². The van der Waals surface area contributed by atoms with E-state index in [9.17, 15) is 5.11 Å². The molecule has 0 aliphatic carbocycles.